The van der Waals surface area contributed by atoms with Gasteiger partial charge in [0, 0.05) is 22.9 Å². The van der Waals surface area contributed by atoms with Crippen LogP contribution >= 0.6 is 0 Å². The zero-order valence-corrected chi connectivity index (χ0v) is 19.2. The van der Waals surface area contributed by atoms with Crippen LogP contribution in [0.1, 0.15) is 52.7 Å². The van der Waals surface area contributed by atoms with Gasteiger partial charge >= 0.3 is 0 Å². The van der Waals surface area contributed by atoms with Gasteiger partial charge in [0.2, 0.25) is 0 Å². The molecule has 0 aliphatic carbocycles. The van der Waals surface area contributed by atoms with Crippen molar-refractivity contribution in [2.24, 2.45) is 11.5 Å². The molecule has 0 aliphatic rings. The van der Waals surface area contributed by atoms with E-state index >= 15 is 0 Å². The second-order valence-corrected chi connectivity index (χ2v) is 9.75. The summed E-state index contributed by atoms with van der Waals surface area (Å²) in [6.07, 6.45) is 0. The minimum atomic E-state index is -0.0369. The van der Waals surface area contributed by atoms with Crippen LogP contribution in [0.5, 0.6) is 0 Å². The maximum absolute atomic E-state index is 6.16. The van der Waals surface area contributed by atoms with E-state index in [1.807, 2.05) is 0 Å². The van der Waals surface area contributed by atoms with E-state index in [9.17, 15) is 0 Å². The first kappa shape index (κ1) is 22.3. The van der Waals surface area contributed by atoms with Crippen LogP contribution in [0.25, 0.3) is 22.3 Å². The number of benzene rings is 3. The van der Waals surface area contributed by atoms with Crippen molar-refractivity contribution < 1.29 is 0 Å². The number of hydrogen-bond donors (Lipinski definition) is 2. The van der Waals surface area contributed by atoms with Gasteiger partial charge < -0.3 is 11.5 Å². The number of rotatable bonds is 6. The molecule has 0 amide bonds. The third-order valence-corrected chi connectivity index (χ3v) is 7.09. The average molecular weight is 401 g/mol. The largest absolute Gasteiger partial charge is 0.327 e. The molecular weight excluding hydrogens is 364 g/mol. The molecule has 3 aromatic rings. The highest BCUT2D eigenvalue weighted by molar-refractivity contribution is 5.70. The lowest BCUT2D eigenvalue weighted by Gasteiger charge is -2.29. The molecule has 3 rings (SSSR count). The van der Waals surface area contributed by atoms with Crippen molar-refractivity contribution in [1.82, 2.24) is 0 Å². The Kier molecular flexibility index (Phi) is 6.21. The second-order valence-electron chi connectivity index (χ2n) is 9.75. The predicted molar refractivity (Wildman–Crippen MR) is 131 cm³/mol. The average Bonchev–Trinajstić information content (AvgIpc) is 2.74. The van der Waals surface area contributed by atoms with E-state index < -0.39 is 0 Å². The van der Waals surface area contributed by atoms with E-state index in [1.54, 1.807) is 0 Å². The molecule has 158 valence electrons. The first-order valence-electron chi connectivity index (χ1n) is 10.9. The van der Waals surface area contributed by atoms with E-state index in [0.717, 1.165) is 0 Å². The number of hydrogen-bond acceptors (Lipinski definition) is 2. The molecule has 2 nitrogen and oxygen atoms in total. The van der Waals surface area contributed by atoms with Crippen LogP contribution in [-0.4, -0.2) is 12.1 Å². The minimum Gasteiger partial charge on any atom is -0.327 e. The quantitative estimate of drug-likeness (QED) is 0.512. The van der Waals surface area contributed by atoms with Crippen molar-refractivity contribution in [3.63, 3.8) is 0 Å². The molecule has 0 spiro atoms. The van der Waals surface area contributed by atoms with Crippen molar-refractivity contribution in [3.8, 4) is 22.3 Å². The zero-order chi connectivity index (χ0) is 22.1. The Morgan fingerprint density at radius 2 is 0.667 bits per heavy atom. The molecule has 2 unspecified atom stereocenters. The highest BCUT2D eigenvalue weighted by Gasteiger charge is 2.25. The molecule has 0 saturated heterocycles. The third-order valence-electron chi connectivity index (χ3n) is 7.09. The topological polar surface area (TPSA) is 52.0 Å². The van der Waals surface area contributed by atoms with Gasteiger partial charge in [-0.2, -0.15) is 0 Å². The normalized spacial score (nSPS) is 14.4. The standard InChI is InChI=1S/C28H36N2/c1-19(29)27(3,4)25-15-11-23(12-16-25)21-7-9-22(10-8-21)24-13-17-26(18-14-24)28(5,6)20(2)30/h7-20H,29-30H2,1-6H3. The summed E-state index contributed by atoms with van der Waals surface area (Å²) in [5, 5.41) is 0. The summed E-state index contributed by atoms with van der Waals surface area (Å²) in [4.78, 5) is 0. The van der Waals surface area contributed by atoms with Gasteiger partial charge in [-0.05, 0) is 47.2 Å². The molecule has 0 heterocycles. The van der Waals surface area contributed by atoms with Gasteiger partial charge in [-0.1, -0.05) is 100 Å². The summed E-state index contributed by atoms with van der Waals surface area (Å²) < 4.78 is 0. The molecular formula is C28H36N2. The Labute approximate surface area is 182 Å². The SMILES string of the molecule is CC(N)C(C)(C)c1ccc(-c2ccc(-c3ccc(C(C)(C)C(C)N)cc3)cc2)cc1. The fourth-order valence-corrected chi connectivity index (χ4v) is 3.57. The zero-order valence-electron chi connectivity index (χ0n) is 19.2. The first-order valence-corrected chi connectivity index (χ1v) is 10.9. The molecule has 30 heavy (non-hydrogen) atoms. The second kappa shape index (κ2) is 8.37. The van der Waals surface area contributed by atoms with Gasteiger partial charge in [-0.3, -0.25) is 0 Å². The van der Waals surface area contributed by atoms with Crippen LogP contribution in [0.3, 0.4) is 0 Å². The van der Waals surface area contributed by atoms with E-state index in [2.05, 4.69) is 114 Å². The molecule has 0 saturated carbocycles. The van der Waals surface area contributed by atoms with E-state index in [1.165, 1.54) is 33.4 Å². The van der Waals surface area contributed by atoms with Crippen molar-refractivity contribution >= 4 is 0 Å². The Hall–Kier alpha value is -2.42. The molecule has 4 N–H and O–H groups in total. The summed E-state index contributed by atoms with van der Waals surface area (Å²) in [6, 6.07) is 26.6. The summed E-state index contributed by atoms with van der Waals surface area (Å²) >= 11 is 0. The van der Waals surface area contributed by atoms with Gasteiger partial charge in [0.05, 0.1) is 0 Å². The molecule has 0 aromatic heterocycles. The number of nitrogens with two attached hydrogens (primary N) is 2. The van der Waals surface area contributed by atoms with Gasteiger partial charge in [-0.25, -0.2) is 0 Å². The molecule has 0 bridgehead atoms. The molecule has 0 aliphatic heterocycles. The van der Waals surface area contributed by atoms with Crippen molar-refractivity contribution in [2.75, 3.05) is 0 Å². The summed E-state index contributed by atoms with van der Waals surface area (Å²) in [6.45, 7) is 12.9. The van der Waals surface area contributed by atoms with E-state index in [-0.39, 0.29) is 22.9 Å². The maximum atomic E-state index is 6.16. The lowest BCUT2D eigenvalue weighted by molar-refractivity contribution is 0.434. The van der Waals surface area contributed by atoms with Crippen LogP contribution in [0, 0.1) is 0 Å². The highest BCUT2D eigenvalue weighted by atomic mass is 14.7. The third kappa shape index (κ3) is 4.35. The lowest BCUT2D eigenvalue weighted by atomic mass is 9.78. The van der Waals surface area contributed by atoms with Gasteiger partial charge in [0.15, 0.2) is 0 Å². The van der Waals surface area contributed by atoms with Crippen molar-refractivity contribution in [2.45, 2.75) is 64.5 Å². The fraction of sp³-hybridized carbons (Fsp3) is 0.357. The molecule has 2 atom stereocenters. The maximum Gasteiger partial charge on any atom is 0.0102 e. The predicted octanol–water partition coefficient (Wildman–Crippen LogP) is 6.27. The van der Waals surface area contributed by atoms with E-state index in [4.69, 9.17) is 11.5 Å². The monoisotopic (exact) mass is 400 g/mol. The Morgan fingerprint density at radius 1 is 0.467 bits per heavy atom. The van der Waals surface area contributed by atoms with Crippen LogP contribution in [0.4, 0.5) is 0 Å². The molecule has 2 heteroatoms. The van der Waals surface area contributed by atoms with Crippen molar-refractivity contribution in [1.29, 1.82) is 0 Å². The summed E-state index contributed by atoms with van der Waals surface area (Å²) in [7, 11) is 0. The van der Waals surface area contributed by atoms with Crippen LogP contribution in [0.15, 0.2) is 72.8 Å². The van der Waals surface area contributed by atoms with E-state index in [0.29, 0.717) is 0 Å². The van der Waals surface area contributed by atoms with Gasteiger partial charge in [0.1, 0.15) is 0 Å². The Bertz CT molecular complexity index is 878. The first-order chi connectivity index (χ1) is 14.0. The van der Waals surface area contributed by atoms with Crippen LogP contribution in [-0.2, 0) is 10.8 Å². The lowest BCUT2D eigenvalue weighted by Crippen LogP contribution is -2.38. The Balaban J connectivity index is 1.80. The van der Waals surface area contributed by atoms with Gasteiger partial charge in [0.25, 0.3) is 0 Å². The Morgan fingerprint density at radius 3 is 0.867 bits per heavy atom. The van der Waals surface area contributed by atoms with Gasteiger partial charge in [-0.15, -0.1) is 0 Å². The highest BCUT2D eigenvalue weighted by Crippen LogP contribution is 2.31. The minimum absolute atomic E-state index is 0.0369. The van der Waals surface area contributed by atoms with Crippen molar-refractivity contribution in [3.05, 3.63) is 83.9 Å². The smallest absolute Gasteiger partial charge is 0.0102 e. The fourth-order valence-electron chi connectivity index (χ4n) is 3.57. The molecule has 0 radical (unpaired) electrons. The van der Waals surface area contributed by atoms with Crippen LogP contribution < -0.4 is 11.5 Å². The molecule has 3 aromatic carbocycles. The van der Waals surface area contributed by atoms with Crippen LogP contribution in [0.2, 0.25) is 0 Å². The molecule has 0 fully saturated rings. The summed E-state index contributed by atoms with van der Waals surface area (Å²) in [5.74, 6) is 0. The summed E-state index contributed by atoms with van der Waals surface area (Å²) in [5.41, 5.74) is 19.7.